The van der Waals surface area contributed by atoms with Crippen LogP contribution in [-0.4, -0.2) is 49.8 Å². The molecule has 2 aliphatic rings. The second-order valence-electron chi connectivity index (χ2n) is 8.60. The van der Waals surface area contributed by atoms with Gasteiger partial charge in [0, 0.05) is 31.9 Å². The van der Waals surface area contributed by atoms with Crippen LogP contribution >= 0.6 is 0 Å². The van der Waals surface area contributed by atoms with E-state index in [1.54, 1.807) is 23.4 Å². The number of nitrogens with zero attached hydrogens (tertiary/aromatic N) is 5. The van der Waals surface area contributed by atoms with Crippen molar-refractivity contribution < 1.29 is 27.5 Å². The monoisotopic (exact) mass is 478 g/mol. The van der Waals surface area contributed by atoms with Gasteiger partial charge in [0.15, 0.2) is 11.5 Å². The summed E-state index contributed by atoms with van der Waals surface area (Å²) >= 11 is 0. The summed E-state index contributed by atoms with van der Waals surface area (Å²) in [7, 11) is 0. The van der Waals surface area contributed by atoms with Crippen molar-refractivity contribution in [3.63, 3.8) is 0 Å². The van der Waals surface area contributed by atoms with Gasteiger partial charge in [0.05, 0.1) is 29.3 Å². The number of urea groups is 1. The van der Waals surface area contributed by atoms with Gasteiger partial charge in [0.2, 0.25) is 0 Å². The molecule has 3 N–H and O–H groups in total. The molecule has 8 nitrogen and oxygen atoms in total. The standard InChI is InChI=1S/C22H22F4N6O2/c23-12-4-5-15(22(24,25)26)14(9-12)16-3-1-7-30(16)20-18(19-28-6-2-8-32(19)29-20)17-10-13(33)11-31(17)21(27)34/h2,4-6,8-9,13,16-17,33H,1,3,7,10-11H2,(H2,27,34)/t13?,16-,17?/m1/s1. The van der Waals surface area contributed by atoms with Gasteiger partial charge in [-0.3, -0.25) is 0 Å². The van der Waals surface area contributed by atoms with Gasteiger partial charge in [-0.25, -0.2) is 18.7 Å². The van der Waals surface area contributed by atoms with Crippen LogP contribution in [0.3, 0.4) is 0 Å². The Balaban J connectivity index is 1.67. The minimum atomic E-state index is -4.65. The van der Waals surface area contributed by atoms with Gasteiger partial charge < -0.3 is 20.6 Å². The average molecular weight is 478 g/mol. The fourth-order valence-electron chi connectivity index (χ4n) is 5.15. The van der Waals surface area contributed by atoms with Gasteiger partial charge in [-0.1, -0.05) is 0 Å². The third-order valence-electron chi connectivity index (χ3n) is 6.51. The minimum Gasteiger partial charge on any atom is -0.391 e. The third-order valence-corrected chi connectivity index (χ3v) is 6.51. The van der Waals surface area contributed by atoms with Crippen molar-refractivity contribution in [2.45, 2.75) is 43.6 Å². The maximum absolute atomic E-state index is 14.1. The molecule has 5 rings (SSSR count). The number of hydrogen-bond acceptors (Lipinski definition) is 5. The highest BCUT2D eigenvalue weighted by Crippen LogP contribution is 2.46. The Kier molecular flexibility index (Phi) is 5.34. The Morgan fingerprint density at radius 2 is 2.03 bits per heavy atom. The van der Waals surface area contributed by atoms with Crippen LogP contribution in [-0.2, 0) is 6.18 Å². The molecule has 180 valence electrons. The van der Waals surface area contributed by atoms with Gasteiger partial charge in [0.1, 0.15) is 5.82 Å². The van der Waals surface area contributed by atoms with Crippen molar-refractivity contribution in [1.29, 1.82) is 0 Å². The van der Waals surface area contributed by atoms with Crippen LogP contribution in [0.25, 0.3) is 5.65 Å². The molecule has 12 heteroatoms. The van der Waals surface area contributed by atoms with Gasteiger partial charge in [0.25, 0.3) is 0 Å². The first-order chi connectivity index (χ1) is 16.1. The summed E-state index contributed by atoms with van der Waals surface area (Å²) in [5.74, 6) is -0.422. The number of carbonyl (C=O) groups is 1. The number of aliphatic hydroxyl groups excluding tert-OH is 1. The number of anilines is 1. The molecule has 34 heavy (non-hydrogen) atoms. The van der Waals surface area contributed by atoms with E-state index in [1.165, 1.54) is 9.42 Å². The molecule has 0 aliphatic carbocycles. The summed E-state index contributed by atoms with van der Waals surface area (Å²) in [4.78, 5) is 19.5. The van der Waals surface area contributed by atoms with Crippen LogP contribution in [0.2, 0.25) is 0 Å². The Labute approximate surface area is 191 Å². The lowest BCUT2D eigenvalue weighted by molar-refractivity contribution is -0.138. The van der Waals surface area contributed by atoms with E-state index in [1.807, 2.05) is 0 Å². The lowest BCUT2D eigenvalue weighted by Gasteiger charge is -2.30. The number of amides is 2. The Bertz CT molecular complexity index is 1250. The number of alkyl halides is 3. The van der Waals surface area contributed by atoms with Crippen molar-refractivity contribution in [2.24, 2.45) is 5.73 Å². The highest BCUT2D eigenvalue weighted by Gasteiger charge is 2.43. The minimum absolute atomic E-state index is 0.0230. The molecule has 2 amide bonds. The maximum atomic E-state index is 14.1. The number of hydrogen-bond donors (Lipinski definition) is 2. The predicted octanol–water partition coefficient (Wildman–Crippen LogP) is 3.42. The molecule has 0 bridgehead atoms. The number of nitrogens with two attached hydrogens (primary N) is 1. The van der Waals surface area contributed by atoms with Crippen molar-refractivity contribution in [3.05, 3.63) is 59.2 Å². The number of benzene rings is 1. The van der Waals surface area contributed by atoms with Crippen LogP contribution in [0.4, 0.5) is 28.2 Å². The summed E-state index contributed by atoms with van der Waals surface area (Å²) in [5.41, 5.74) is 5.39. The fraction of sp³-hybridized carbons (Fsp3) is 0.409. The lowest BCUT2D eigenvalue weighted by Crippen LogP contribution is -2.36. The Morgan fingerprint density at radius 1 is 1.24 bits per heavy atom. The summed E-state index contributed by atoms with van der Waals surface area (Å²) < 4.78 is 56.9. The first kappa shape index (κ1) is 22.4. The quantitative estimate of drug-likeness (QED) is 0.562. The highest BCUT2D eigenvalue weighted by atomic mass is 19.4. The Morgan fingerprint density at radius 3 is 2.76 bits per heavy atom. The number of rotatable bonds is 3. The summed E-state index contributed by atoms with van der Waals surface area (Å²) in [6.07, 6.45) is -1.19. The molecular weight excluding hydrogens is 456 g/mol. The van der Waals surface area contributed by atoms with E-state index in [0.29, 0.717) is 36.4 Å². The number of fused-ring (bicyclic) bond motifs is 1. The molecule has 2 aliphatic heterocycles. The molecule has 4 heterocycles. The molecule has 3 atom stereocenters. The van der Waals surface area contributed by atoms with E-state index >= 15 is 0 Å². The predicted molar refractivity (Wildman–Crippen MR) is 113 cm³/mol. The van der Waals surface area contributed by atoms with Crippen molar-refractivity contribution in [1.82, 2.24) is 19.5 Å². The molecule has 2 unspecified atom stereocenters. The molecule has 0 radical (unpaired) electrons. The third kappa shape index (κ3) is 3.71. The van der Waals surface area contributed by atoms with Crippen molar-refractivity contribution in [3.8, 4) is 0 Å². The smallest absolute Gasteiger partial charge is 0.391 e. The number of carbonyl (C=O) groups excluding carboxylic acids is 1. The average Bonchev–Trinajstić information content (AvgIpc) is 3.48. The largest absolute Gasteiger partial charge is 0.416 e. The van der Waals surface area contributed by atoms with Crippen LogP contribution in [0.1, 0.15) is 48.0 Å². The SMILES string of the molecule is NC(=O)N1CC(O)CC1c1c(N2CCC[C@@H]2c2cc(F)ccc2C(F)(F)F)nn2cccnc12. The van der Waals surface area contributed by atoms with Crippen LogP contribution in [0.15, 0.2) is 36.7 Å². The van der Waals surface area contributed by atoms with Gasteiger partial charge in [-0.15, -0.1) is 5.10 Å². The maximum Gasteiger partial charge on any atom is 0.416 e. The van der Waals surface area contributed by atoms with Crippen LogP contribution in [0.5, 0.6) is 0 Å². The molecule has 2 aromatic heterocycles. The molecule has 0 spiro atoms. The summed E-state index contributed by atoms with van der Waals surface area (Å²) in [6.45, 7) is 0.399. The second kappa shape index (κ2) is 8.12. The van der Waals surface area contributed by atoms with Gasteiger partial charge in [-0.2, -0.15) is 13.2 Å². The van der Waals surface area contributed by atoms with E-state index < -0.39 is 41.8 Å². The zero-order valence-corrected chi connectivity index (χ0v) is 17.9. The number of β-amino-alcohol motifs (C(OH)–C–C–N with tert-alkyl or cyclic N) is 1. The summed E-state index contributed by atoms with van der Waals surface area (Å²) in [6, 6.07) is 1.96. The van der Waals surface area contributed by atoms with Crippen molar-refractivity contribution in [2.75, 3.05) is 18.0 Å². The van der Waals surface area contributed by atoms with Gasteiger partial charge in [-0.05, 0) is 42.7 Å². The number of likely N-dealkylation sites (tertiary alicyclic amines) is 1. The molecular formula is C22H22F4N6O2. The van der Waals surface area contributed by atoms with Crippen LogP contribution in [0, 0.1) is 5.82 Å². The van der Waals surface area contributed by atoms with E-state index in [2.05, 4.69) is 10.1 Å². The zero-order chi connectivity index (χ0) is 24.2. The lowest BCUT2D eigenvalue weighted by atomic mass is 9.97. The highest BCUT2D eigenvalue weighted by molar-refractivity contribution is 5.75. The number of aromatic nitrogens is 3. The summed E-state index contributed by atoms with van der Waals surface area (Å²) in [5, 5.41) is 14.8. The Hall–Kier alpha value is -3.41. The van der Waals surface area contributed by atoms with E-state index in [-0.39, 0.29) is 18.5 Å². The first-order valence-corrected chi connectivity index (χ1v) is 10.9. The normalized spacial score (nSPS) is 23.3. The zero-order valence-electron chi connectivity index (χ0n) is 17.9. The van der Waals surface area contributed by atoms with E-state index in [9.17, 15) is 27.5 Å². The van der Waals surface area contributed by atoms with E-state index in [0.717, 1.165) is 18.2 Å². The number of aliphatic hydroxyl groups is 1. The molecule has 2 saturated heterocycles. The number of halogens is 4. The molecule has 3 aromatic rings. The molecule has 2 fully saturated rings. The fourth-order valence-corrected chi connectivity index (χ4v) is 5.15. The molecule has 1 aromatic carbocycles. The molecule has 0 saturated carbocycles. The van der Waals surface area contributed by atoms with Gasteiger partial charge >= 0.3 is 12.2 Å². The first-order valence-electron chi connectivity index (χ1n) is 10.9. The second-order valence-corrected chi connectivity index (χ2v) is 8.60. The van der Waals surface area contributed by atoms with E-state index in [4.69, 9.17) is 5.73 Å². The van der Waals surface area contributed by atoms with Crippen LogP contribution < -0.4 is 10.6 Å². The topological polar surface area (TPSA) is 100.0 Å². The van der Waals surface area contributed by atoms with Crippen molar-refractivity contribution >= 4 is 17.5 Å². The number of primary amides is 1.